The lowest BCUT2D eigenvalue weighted by Crippen LogP contribution is -2.36. The fourth-order valence-electron chi connectivity index (χ4n) is 2.19. The summed E-state index contributed by atoms with van der Waals surface area (Å²) in [6, 6.07) is 1.23. The second kappa shape index (κ2) is 7.38. The number of urea groups is 1. The Kier molecular flexibility index (Phi) is 5.27. The first kappa shape index (κ1) is 17.8. The molecular formula is C14H15N5O6. The highest BCUT2D eigenvalue weighted by molar-refractivity contribution is 6.04. The quantitative estimate of drug-likeness (QED) is 0.518. The van der Waals surface area contributed by atoms with Gasteiger partial charge in [-0.1, -0.05) is 0 Å². The van der Waals surface area contributed by atoms with Crippen LogP contribution in [0.3, 0.4) is 0 Å². The van der Waals surface area contributed by atoms with Crippen molar-refractivity contribution in [3.05, 3.63) is 17.5 Å². The summed E-state index contributed by atoms with van der Waals surface area (Å²) < 4.78 is 5.41. The lowest BCUT2D eigenvalue weighted by Gasteiger charge is -2.12. The third kappa shape index (κ3) is 4.28. The lowest BCUT2D eigenvalue weighted by molar-refractivity contribution is -0.123. The Balaban J connectivity index is 0.000000701. The number of fused-ring (bicyclic) bond motifs is 1. The average Bonchev–Trinajstić information content (AvgIpc) is 3.02. The summed E-state index contributed by atoms with van der Waals surface area (Å²) in [4.78, 5) is 52.1. The fourth-order valence-corrected chi connectivity index (χ4v) is 2.19. The lowest BCUT2D eigenvalue weighted by atomic mass is 10.3. The molecule has 0 aliphatic carbocycles. The minimum absolute atomic E-state index is 0.0929. The SMILES string of the molecule is Cc1cc2c(C)nc(NC(=O)CN3CC(=O)NC3=O)nc2o1.O=CO. The van der Waals surface area contributed by atoms with Gasteiger partial charge in [-0.25, -0.2) is 9.78 Å². The molecule has 0 radical (unpaired) electrons. The monoisotopic (exact) mass is 349 g/mol. The third-order valence-electron chi connectivity index (χ3n) is 3.16. The first-order valence-corrected chi connectivity index (χ1v) is 7.05. The number of carbonyl (C=O) groups excluding carboxylic acids is 3. The van der Waals surface area contributed by atoms with Crippen molar-refractivity contribution < 1.29 is 28.7 Å². The number of furan rings is 1. The Morgan fingerprint density at radius 1 is 1.44 bits per heavy atom. The number of aryl methyl sites for hydroxylation is 2. The Morgan fingerprint density at radius 3 is 2.72 bits per heavy atom. The van der Waals surface area contributed by atoms with E-state index >= 15 is 0 Å². The van der Waals surface area contributed by atoms with E-state index in [4.69, 9.17) is 14.3 Å². The van der Waals surface area contributed by atoms with Crippen LogP contribution in [0.1, 0.15) is 11.5 Å². The van der Waals surface area contributed by atoms with E-state index in [1.807, 2.05) is 6.07 Å². The standard InChI is InChI=1S/C13H13N5O4.CH2O2/c1-6-3-8-7(2)14-12(17-11(8)22-6)15-9(19)4-18-5-10(20)16-13(18)21;2-1-3/h3H,4-5H2,1-2H3,(H,16,20,21)(H,14,15,17,19);1H,(H,2,3). The first-order valence-electron chi connectivity index (χ1n) is 7.05. The molecule has 11 nitrogen and oxygen atoms in total. The van der Waals surface area contributed by atoms with E-state index in [0.29, 0.717) is 17.2 Å². The van der Waals surface area contributed by atoms with E-state index in [1.165, 1.54) is 0 Å². The Morgan fingerprint density at radius 2 is 2.12 bits per heavy atom. The molecule has 1 aliphatic rings. The van der Waals surface area contributed by atoms with Gasteiger partial charge in [0.2, 0.25) is 23.5 Å². The second-order valence-corrected chi connectivity index (χ2v) is 5.07. The Labute approximate surface area is 141 Å². The molecule has 1 saturated heterocycles. The van der Waals surface area contributed by atoms with Crippen LogP contribution in [0.4, 0.5) is 10.7 Å². The van der Waals surface area contributed by atoms with Gasteiger partial charge >= 0.3 is 6.03 Å². The highest BCUT2D eigenvalue weighted by Gasteiger charge is 2.28. The third-order valence-corrected chi connectivity index (χ3v) is 3.16. The zero-order valence-corrected chi connectivity index (χ0v) is 13.4. The smallest absolute Gasteiger partial charge is 0.325 e. The van der Waals surface area contributed by atoms with Crippen molar-refractivity contribution in [1.29, 1.82) is 0 Å². The minimum atomic E-state index is -0.589. The number of nitrogens with zero attached hydrogens (tertiary/aromatic N) is 3. The number of aromatic nitrogens is 2. The summed E-state index contributed by atoms with van der Waals surface area (Å²) in [7, 11) is 0. The molecule has 0 aromatic carbocycles. The van der Waals surface area contributed by atoms with Crippen LogP contribution in [0, 0.1) is 13.8 Å². The van der Waals surface area contributed by atoms with Gasteiger partial charge in [0.1, 0.15) is 18.8 Å². The van der Waals surface area contributed by atoms with Gasteiger partial charge in [0.25, 0.3) is 6.47 Å². The van der Waals surface area contributed by atoms with Crippen molar-refractivity contribution in [2.24, 2.45) is 0 Å². The van der Waals surface area contributed by atoms with E-state index in [1.54, 1.807) is 13.8 Å². The molecule has 11 heteroatoms. The normalized spacial score (nSPS) is 13.3. The number of carbonyl (C=O) groups is 4. The molecule has 0 saturated carbocycles. The van der Waals surface area contributed by atoms with E-state index in [9.17, 15) is 14.4 Å². The summed E-state index contributed by atoms with van der Waals surface area (Å²) in [5, 5.41) is 12.3. The van der Waals surface area contributed by atoms with Gasteiger partial charge in [-0.2, -0.15) is 4.98 Å². The van der Waals surface area contributed by atoms with Crippen molar-refractivity contribution in [2.45, 2.75) is 13.8 Å². The maximum absolute atomic E-state index is 11.9. The van der Waals surface area contributed by atoms with Crippen molar-refractivity contribution in [3.63, 3.8) is 0 Å². The number of imide groups is 1. The van der Waals surface area contributed by atoms with Crippen molar-refractivity contribution >= 4 is 41.4 Å². The van der Waals surface area contributed by atoms with Gasteiger partial charge < -0.3 is 14.4 Å². The highest BCUT2D eigenvalue weighted by atomic mass is 16.3. The van der Waals surface area contributed by atoms with Crippen LogP contribution in [-0.2, 0) is 14.4 Å². The molecule has 4 amide bonds. The van der Waals surface area contributed by atoms with Crippen LogP contribution in [0.5, 0.6) is 0 Å². The number of carboxylic acid groups (broad SMARTS) is 1. The maximum atomic E-state index is 11.9. The predicted molar refractivity (Wildman–Crippen MR) is 83.7 cm³/mol. The largest absolute Gasteiger partial charge is 0.483 e. The summed E-state index contributed by atoms with van der Waals surface area (Å²) >= 11 is 0. The van der Waals surface area contributed by atoms with Gasteiger partial charge in [0.05, 0.1) is 11.1 Å². The molecule has 3 N–H and O–H groups in total. The van der Waals surface area contributed by atoms with Crippen LogP contribution in [0.2, 0.25) is 0 Å². The van der Waals surface area contributed by atoms with Crippen LogP contribution in [0.25, 0.3) is 11.1 Å². The van der Waals surface area contributed by atoms with E-state index in [-0.39, 0.29) is 25.5 Å². The van der Waals surface area contributed by atoms with Crippen LogP contribution >= 0.6 is 0 Å². The molecule has 25 heavy (non-hydrogen) atoms. The molecule has 3 heterocycles. The summed E-state index contributed by atoms with van der Waals surface area (Å²) in [6.45, 7) is 2.93. The summed E-state index contributed by atoms with van der Waals surface area (Å²) in [5.41, 5.74) is 1.06. The van der Waals surface area contributed by atoms with Gasteiger partial charge in [-0.15, -0.1) is 0 Å². The molecule has 0 spiro atoms. The van der Waals surface area contributed by atoms with Crippen molar-refractivity contribution in [1.82, 2.24) is 20.2 Å². The molecule has 2 aromatic rings. The molecule has 0 unspecified atom stereocenters. The molecule has 2 aromatic heterocycles. The molecule has 1 aliphatic heterocycles. The van der Waals surface area contributed by atoms with Crippen molar-refractivity contribution in [2.75, 3.05) is 18.4 Å². The van der Waals surface area contributed by atoms with Crippen LogP contribution < -0.4 is 10.6 Å². The molecule has 132 valence electrons. The number of amides is 4. The zero-order valence-electron chi connectivity index (χ0n) is 13.4. The average molecular weight is 349 g/mol. The van der Waals surface area contributed by atoms with Crippen LogP contribution in [-0.4, -0.2) is 57.4 Å². The Hall–Kier alpha value is -3.50. The predicted octanol–water partition coefficient (Wildman–Crippen LogP) is 0.0307. The topological polar surface area (TPSA) is 155 Å². The highest BCUT2D eigenvalue weighted by Crippen LogP contribution is 2.20. The number of nitrogens with one attached hydrogen (secondary N) is 2. The molecule has 3 rings (SSSR count). The number of anilines is 1. The number of hydrogen-bond donors (Lipinski definition) is 3. The summed E-state index contributed by atoms with van der Waals surface area (Å²) in [6.07, 6.45) is 0. The summed E-state index contributed by atoms with van der Waals surface area (Å²) in [5.74, 6) is -0.136. The second-order valence-electron chi connectivity index (χ2n) is 5.07. The van der Waals surface area contributed by atoms with E-state index in [0.717, 1.165) is 10.3 Å². The van der Waals surface area contributed by atoms with Gasteiger partial charge in [0.15, 0.2) is 0 Å². The fraction of sp³-hybridized carbons (Fsp3) is 0.286. The van der Waals surface area contributed by atoms with Gasteiger partial charge in [-0.05, 0) is 19.9 Å². The Bertz CT molecular complexity index is 846. The number of hydrogen-bond acceptors (Lipinski definition) is 7. The van der Waals surface area contributed by atoms with Crippen molar-refractivity contribution in [3.8, 4) is 0 Å². The van der Waals surface area contributed by atoms with Gasteiger partial charge in [0, 0.05) is 0 Å². The maximum Gasteiger partial charge on any atom is 0.325 e. The first-order chi connectivity index (χ1) is 11.8. The minimum Gasteiger partial charge on any atom is -0.483 e. The molecule has 1 fully saturated rings. The molecule has 0 atom stereocenters. The van der Waals surface area contributed by atoms with E-state index in [2.05, 4.69) is 20.6 Å². The van der Waals surface area contributed by atoms with Gasteiger partial charge in [-0.3, -0.25) is 25.0 Å². The molecule has 0 bridgehead atoms. The zero-order chi connectivity index (χ0) is 18.6. The molecular weight excluding hydrogens is 334 g/mol. The van der Waals surface area contributed by atoms with Crippen LogP contribution in [0.15, 0.2) is 10.5 Å². The number of rotatable bonds is 3. The van der Waals surface area contributed by atoms with E-state index < -0.39 is 17.8 Å².